The van der Waals surface area contributed by atoms with E-state index in [1.165, 1.54) is 98.4 Å². The lowest BCUT2D eigenvalue weighted by molar-refractivity contribution is 0.668. The van der Waals surface area contributed by atoms with Crippen molar-refractivity contribution in [2.75, 3.05) is 9.80 Å². The van der Waals surface area contributed by atoms with E-state index in [9.17, 15) is 0 Å². The Morgan fingerprint density at radius 2 is 0.560 bits per heavy atom. The van der Waals surface area contributed by atoms with E-state index in [4.69, 9.17) is 8.83 Å². The van der Waals surface area contributed by atoms with Crippen LogP contribution in [0.2, 0.25) is 0 Å². The molecule has 390 valence electrons. The highest BCUT2D eigenvalue weighted by Gasteiger charge is 2.27. The van der Waals surface area contributed by atoms with Crippen LogP contribution in [0.25, 0.3) is 142 Å². The summed E-state index contributed by atoms with van der Waals surface area (Å²) in [5.74, 6) is 0. The monoisotopic (exact) mass is 1070 g/mol. The maximum absolute atomic E-state index is 6.76. The van der Waals surface area contributed by atoms with Crippen LogP contribution in [-0.4, -0.2) is 8.80 Å². The van der Waals surface area contributed by atoms with Crippen molar-refractivity contribution in [3.63, 3.8) is 0 Å². The second kappa shape index (κ2) is 17.1. The largest absolute Gasteiger partial charge is 0.454 e. The molecule has 0 saturated carbocycles. The van der Waals surface area contributed by atoms with Crippen LogP contribution in [0.15, 0.2) is 288 Å². The molecule has 19 rings (SSSR count). The average molecular weight is 1070 g/mol. The fraction of sp³-hybridized carbons (Fsp3) is 0. The lowest BCUT2D eigenvalue weighted by Gasteiger charge is -2.26. The molecule has 0 aliphatic heterocycles. The van der Waals surface area contributed by atoms with E-state index >= 15 is 0 Å². The van der Waals surface area contributed by atoms with E-state index in [1.54, 1.807) is 0 Å². The van der Waals surface area contributed by atoms with Crippen molar-refractivity contribution in [3.8, 4) is 22.3 Å². The molecule has 0 atom stereocenters. The van der Waals surface area contributed by atoms with Crippen LogP contribution in [0.1, 0.15) is 0 Å². The number of aromatic nitrogens is 2. The molecule has 0 unspecified atom stereocenters. The topological polar surface area (TPSA) is 41.6 Å². The smallest absolute Gasteiger partial charge is 0.159 e. The number of benzene rings is 13. The van der Waals surface area contributed by atoms with Gasteiger partial charge in [-0.15, -0.1) is 0 Å². The molecule has 84 heavy (non-hydrogen) atoms. The molecule has 0 aliphatic carbocycles. The van der Waals surface area contributed by atoms with E-state index < -0.39 is 0 Å². The lowest BCUT2D eigenvalue weighted by atomic mass is 10.0. The van der Waals surface area contributed by atoms with Gasteiger partial charge in [0, 0.05) is 87.4 Å². The molecule has 6 heterocycles. The fourth-order valence-electron chi connectivity index (χ4n) is 14.2. The third-order valence-corrected chi connectivity index (χ3v) is 17.9. The molecule has 0 radical (unpaired) electrons. The summed E-state index contributed by atoms with van der Waals surface area (Å²) in [5.41, 5.74) is 21.6. The van der Waals surface area contributed by atoms with Crippen molar-refractivity contribution >= 4 is 154 Å². The summed E-state index contributed by atoms with van der Waals surface area (Å²) in [5, 5.41) is 14.2. The van der Waals surface area contributed by atoms with Gasteiger partial charge < -0.3 is 27.4 Å². The highest BCUT2D eigenvalue weighted by molar-refractivity contribution is 6.29. The highest BCUT2D eigenvalue weighted by atomic mass is 16.3. The Kier molecular flexibility index (Phi) is 9.24. The molecule has 0 amide bonds. The number of fused-ring (bicyclic) bond motifs is 18. The summed E-state index contributed by atoms with van der Waals surface area (Å²) in [6.07, 6.45) is 0. The zero-order chi connectivity index (χ0) is 54.7. The van der Waals surface area contributed by atoms with Gasteiger partial charge in [0.05, 0.1) is 44.5 Å². The van der Waals surface area contributed by atoms with Gasteiger partial charge in [0.1, 0.15) is 11.2 Å². The molecular weight excluding hydrogens is 1020 g/mol. The first-order valence-corrected chi connectivity index (χ1v) is 28.7. The van der Waals surface area contributed by atoms with Crippen molar-refractivity contribution in [2.45, 2.75) is 0 Å². The highest BCUT2D eigenvalue weighted by Crippen LogP contribution is 2.50. The maximum Gasteiger partial charge on any atom is 0.159 e. The van der Waals surface area contributed by atoms with Crippen LogP contribution < -0.4 is 9.80 Å². The van der Waals surface area contributed by atoms with Crippen molar-refractivity contribution in [3.05, 3.63) is 279 Å². The van der Waals surface area contributed by atoms with Crippen LogP contribution in [-0.2, 0) is 0 Å². The van der Waals surface area contributed by atoms with Gasteiger partial charge in [-0.2, -0.15) is 0 Å². The van der Waals surface area contributed by atoms with Gasteiger partial charge in [-0.05, 0) is 119 Å². The number of rotatable bonds is 8. The summed E-state index contributed by atoms with van der Waals surface area (Å²) < 4.78 is 18.5. The quantitative estimate of drug-likeness (QED) is 0.152. The minimum atomic E-state index is 0.858. The number of para-hydroxylation sites is 6. The van der Waals surface area contributed by atoms with Gasteiger partial charge in [0.15, 0.2) is 11.2 Å². The number of nitrogens with zero attached hydrogens (tertiary/aromatic N) is 4. The molecule has 19 aromatic rings. The Balaban J connectivity index is 0.783. The molecule has 6 aromatic heterocycles. The van der Waals surface area contributed by atoms with Crippen molar-refractivity contribution in [1.29, 1.82) is 0 Å². The van der Waals surface area contributed by atoms with Gasteiger partial charge in [-0.25, -0.2) is 0 Å². The first-order chi connectivity index (χ1) is 41.7. The normalized spacial score (nSPS) is 12.3. The predicted octanol–water partition coefficient (Wildman–Crippen LogP) is 22.1. The van der Waals surface area contributed by atoms with E-state index in [-0.39, 0.29) is 0 Å². The lowest BCUT2D eigenvalue weighted by Crippen LogP contribution is -2.10. The molecule has 0 aliphatic rings. The molecule has 0 N–H and O–H groups in total. The summed E-state index contributed by atoms with van der Waals surface area (Å²) in [6, 6.07) is 101. The zero-order valence-electron chi connectivity index (χ0n) is 45.2. The molecule has 0 saturated heterocycles. The summed E-state index contributed by atoms with van der Waals surface area (Å²) in [6.45, 7) is 0. The SMILES string of the molecule is c1ccc(-c2ccc(N(c3ccc4c(c3)c3cccc5c6cc7c(cc6n4c35)c3cccc4c5cc(N(c6ccc(-c8ccccc8)cc6)c6cccc8c6oc6ccccc68)ccc5n7c43)c3cccc4c3oc3ccccc34)cc2)cc1. The Bertz CT molecular complexity index is 5490. The molecule has 0 bridgehead atoms. The van der Waals surface area contributed by atoms with Gasteiger partial charge in [-0.3, -0.25) is 0 Å². The molecule has 6 nitrogen and oxygen atoms in total. The predicted molar refractivity (Wildman–Crippen MR) is 351 cm³/mol. The van der Waals surface area contributed by atoms with Crippen LogP contribution >= 0.6 is 0 Å². The maximum atomic E-state index is 6.76. The fourth-order valence-corrected chi connectivity index (χ4v) is 14.2. The zero-order valence-corrected chi connectivity index (χ0v) is 45.2. The van der Waals surface area contributed by atoms with E-state index in [0.29, 0.717) is 0 Å². The molecule has 0 fully saturated rings. The number of anilines is 6. The minimum absolute atomic E-state index is 0.858. The standard InChI is InChI=1S/C78H46N4O2/c1-3-15-47(16-4-1)49-31-35-51(36-32-49)79(69-27-13-25-61-55-19-7-9-29-73(55)83-77(61)69)53-39-41-67-63(43-53)57-21-11-23-59-65-46-72-66(45-71(65)81(67)75(57)59)60-24-12-22-58-64-44-54(40-42-68(64)82(72)76(58)60)80(52-37-33-50(34-38-52)48-17-5-2-6-18-48)70-28-14-26-62-56-20-8-10-30-74(56)84-78(62)70/h1-46H. The first-order valence-electron chi connectivity index (χ1n) is 28.7. The van der Waals surface area contributed by atoms with Gasteiger partial charge >= 0.3 is 0 Å². The molecule has 13 aromatic carbocycles. The average Bonchev–Trinajstić information content (AvgIpc) is 1.80. The van der Waals surface area contributed by atoms with Crippen LogP contribution in [0.4, 0.5) is 34.1 Å². The molecule has 6 heteroatoms. The van der Waals surface area contributed by atoms with Crippen LogP contribution in [0.3, 0.4) is 0 Å². The molecular formula is C78H46N4O2. The first kappa shape index (κ1) is 45.4. The van der Waals surface area contributed by atoms with E-state index in [2.05, 4.69) is 286 Å². The van der Waals surface area contributed by atoms with Crippen LogP contribution in [0, 0.1) is 0 Å². The Labute approximate surface area is 480 Å². The summed E-state index contributed by atoms with van der Waals surface area (Å²) in [7, 11) is 0. The molecule has 0 spiro atoms. The number of hydrogen-bond donors (Lipinski definition) is 0. The third-order valence-electron chi connectivity index (χ3n) is 17.9. The van der Waals surface area contributed by atoms with Gasteiger partial charge in [0.2, 0.25) is 0 Å². The van der Waals surface area contributed by atoms with Crippen molar-refractivity contribution in [1.82, 2.24) is 8.80 Å². The summed E-state index contributed by atoms with van der Waals surface area (Å²) in [4.78, 5) is 4.73. The second-order valence-electron chi connectivity index (χ2n) is 22.4. The number of furan rings is 2. The Hall–Kier alpha value is -11.3. The Morgan fingerprint density at radius 3 is 0.988 bits per heavy atom. The van der Waals surface area contributed by atoms with E-state index in [0.717, 1.165) is 78.0 Å². The van der Waals surface area contributed by atoms with Crippen LogP contribution in [0.5, 0.6) is 0 Å². The Morgan fingerprint density at radius 1 is 0.226 bits per heavy atom. The van der Waals surface area contributed by atoms with Gasteiger partial charge in [0.25, 0.3) is 0 Å². The summed E-state index contributed by atoms with van der Waals surface area (Å²) >= 11 is 0. The van der Waals surface area contributed by atoms with Crippen molar-refractivity contribution in [2.24, 2.45) is 0 Å². The third kappa shape index (κ3) is 6.33. The minimum Gasteiger partial charge on any atom is -0.454 e. The van der Waals surface area contributed by atoms with Crippen molar-refractivity contribution < 1.29 is 8.83 Å². The van der Waals surface area contributed by atoms with E-state index in [1.807, 2.05) is 12.1 Å². The second-order valence-corrected chi connectivity index (χ2v) is 22.4. The van der Waals surface area contributed by atoms with Gasteiger partial charge in [-0.1, -0.05) is 182 Å². The number of hydrogen-bond acceptors (Lipinski definition) is 4.